The first-order valence-corrected chi connectivity index (χ1v) is 6.46. The van der Waals surface area contributed by atoms with E-state index < -0.39 is 17.0 Å². The Hall–Kier alpha value is 0.0700. The van der Waals surface area contributed by atoms with Crippen LogP contribution in [0, 0.1) is 5.92 Å². The molecule has 0 bridgehead atoms. The van der Waals surface area contributed by atoms with Crippen LogP contribution in [0.25, 0.3) is 0 Å². The predicted octanol–water partition coefficient (Wildman–Crippen LogP) is 0.709. The summed E-state index contributed by atoms with van der Waals surface area (Å²) < 4.78 is 10.7. The molecule has 0 amide bonds. The maximum atomic E-state index is 10.7. The lowest BCUT2D eigenvalue weighted by atomic mass is 10.1. The molecule has 0 aliphatic heterocycles. The standard InChI is InChI=1S/C9H21NO2S/c1-8(2)5-4-6-10-9(11)7-13(3)12/h8-11H,4-7H2,1-3H3. The van der Waals surface area contributed by atoms with Crippen LogP contribution in [0.4, 0.5) is 0 Å². The summed E-state index contributed by atoms with van der Waals surface area (Å²) >= 11 is 0. The molecule has 2 atom stereocenters. The zero-order valence-electron chi connectivity index (χ0n) is 8.75. The van der Waals surface area contributed by atoms with Crippen molar-refractivity contribution in [3.63, 3.8) is 0 Å². The molecule has 0 aromatic heterocycles. The lowest BCUT2D eigenvalue weighted by Gasteiger charge is -2.11. The Balaban J connectivity index is 3.26. The molecule has 2 N–H and O–H groups in total. The molecule has 0 aromatic rings. The van der Waals surface area contributed by atoms with Crippen molar-refractivity contribution in [3.05, 3.63) is 0 Å². The van der Waals surface area contributed by atoms with Crippen molar-refractivity contribution < 1.29 is 9.32 Å². The number of hydrogen-bond acceptors (Lipinski definition) is 3. The summed E-state index contributed by atoms with van der Waals surface area (Å²) in [6.45, 7) is 5.16. The van der Waals surface area contributed by atoms with Gasteiger partial charge >= 0.3 is 0 Å². The SMILES string of the molecule is CC(C)CCCNC(O)CS(C)=O. The highest BCUT2D eigenvalue weighted by Gasteiger charge is 2.04. The van der Waals surface area contributed by atoms with E-state index in [1.165, 1.54) is 0 Å². The lowest BCUT2D eigenvalue weighted by Crippen LogP contribution is -2.34. The normalized spacial score (nSPS) is 16.1. The van der Waals surface area contributed by atoms with Gasteiger partial charge in [0.15, 0.2) is 0 Å². The van der Waals surface area contributed by atoms with Crippen molar-refractivity contribution in [3.8, 4) is 0 Å². The van der Waals surface area contributed by atoms with Crippen LogP contribution in [0.3, 0.4) is 0 Å². The quantitative estimate of drug-likeness (QED) is 0.477. The maximum Gasteiger partial charge on any atom is 0.116 e. The summed E-state index contributed by atoms with van der Waals surface area (Å²) in [7, 11) is -0.922. The highest BCUT2D eigenvalue weighted by Crippen LogP contribution is 2.01. The third-order valence-corrected chi connectivity index (χ3v) is 2.52. The van der Waals surface area contributed by atoms with Crippen molar-refractivity contribution in [1.82, 2.24) is 5.32 Å². The van der Waals surface area contributed by atoms with Crippen molar-refractivity contribution in [2.45, 2.75) is 32.9 Å². The van der Waals surface area contributed by atoms with Gasteiger partial charge in [-0.2, -0.15) is 0 Å². The van der Waals surface area contributed by atoms with Gasteiger partial charge in [-0.1, -0.05) is 13.8 Å². The number of aliphatic hydroxyl groups is 1. The molecule has 0 radical (unpaired) electrons. The highest BCUT2D eigenvalue weighted by atomic mass is 32.2. The van der Waals surface area contributed by atoms with Crippen LogP contribution in [-0.4, -0.2) is 34.1 Å². The smallest absolute Gasteiger partial charge is 0.116 e. The summed E-state index contributed by atoms with van der Waals surface area (Å²) in [6, 6.07) is 0. The fraction of sp³-hybridized carbons (Fsp3) is 1.00. The second-order valence-corrected chi connectivity index (χ2v) is 5.23. The fourth-order valence-electron chi connectivity index (χ4n) is 1.06. The van der Waals surface area contributed by atoms with E-state index in [0.717, 1.165) is 19.4 Å². The van der Waals surface area contributed by atoms with E-state index in [0.29, 0.717) is 11.7 Å². The molecular weight excluding hydrogens is 186 g/mol. The van der Waals surface area contributed by atoms with Gasteiger partial charge in [0, 0.05) is 17.1 Å². The molecule has 80 valence electrons. The van der Waals surface area contributed by atoms with E-state index in [2.05, 4.69) is 19.2 Å². The van der Waals surface area contributed by atoms with Gasteiger partial charge in [-0.05, 0) is 25.3 Å². The van der Waals surface area contributed by atoms with E-state index in [9.17, 15) is 9.32 Å². The van der Waals surface area contributed by atoms with Crippen LogP contribution in [-0.2, 0) is 10.8 Å². The van der Waals surface area contributed by atoms with Crippen LogP contribution in [0.1, 0.15) is 26.7 Å². The summed E-state index contributed by atoms with van der Waals surface area (Å²) in [4.78, 5) is 0. The summed E-state index contributed by atoms with van der Waals surface area (Å²) in [5, 5.41) is 12.2. The minimum Gasteiger partial charge on any atom is -0.378 e. The summed E-state index contributed by atoms with van der Waals surface area (Å²) in [6.07, 6.45) is 3.21. The molecule has 0 spiro atoms. The van der Waals surface area contributed by atoms with Gasteiger partial charge in [0.05, 0.1) is 5.75 Å². The van der Waals surface area contributed by atoms with Gasteiger partial charge < -0.3 is 5.11 Å². The average molecular weight is 207 g/mol. The number of aliphatic hydroxyl groups excluding tert-OH is 1. The first-order valence-electron chi connectivity index (χ1n) is 4.74. The van der Waals surface area contributed by atoms with Gasteiger partial charge in [0.2, 0.25) is 0 Å². The third kappa shape index (κ3) is 9.99. The van der Waals surface area contributed by atoms with Crippen molar-refractivity contribution in [2.75, 3.05) is 18.6 Å². The van der Waals surface area contributed by atoms with Gasteiger partial charge in [-0.25, -0.2) is 0 Å². The average Bonchev–Trinajstić information content (AvgIpc) is 1.96. The van der Waals surface area contributed by atoms with Gasteiger partial charge in [0.25, 0.3) is 0 Å². The van der Waals surface area contributed by atoms with E-state index in [1.54, 1.807) is 6.26 Å². The second-order valence-electron chi connectivity index (χ2n) is 3.75. The molecule has 0 fully saturated rings. The molecular formula is C9H21NO2S. The minimum absolute atomic E-state index is 0.321. The molecule has 2 unspecified atom stereocenters. The molecule has 0 saturated heterocycles. The fourth-order valence-corrected chi connectivity index (χ4v) is 1.62. The molecule has 0 aliphatic rings. The van der Waals surface area contributed by atoms with Gasteiger partial charge in [-0.3, -0.25) is 9.53 Å². The Morgan fingerprint density at radius 2 is 2.08 bits per heavy atom. The maximum absolute atomic E-state index is 10.7. The van der Waals surface area contributed by atoms with Crippen molar-refractivity contribution >= 4 is 10.8 Å². The predicted molar refractivity (Wildman–Crippen MR) is 57.0 cm³/mol. The zero-order valence-corrected chi connectivity index (χ0v) is 9.56. The van der Waals surface area contributed by atoms with Gasteiger partial charge in [-0.15, -0.1) is 0 Å². The molecule has 0 heterocycles. The first kappa shape index (κ1) is 13.1. The van der Waals surface area contributed by atoms with Crippen molar-refractivity contribution in [2.24, 2.45) is 5.92 Å². The Kier molecular flexibility index (Phi) is 7.51. The van der Waals surface area contributed by atoms with Crippen LogP contribution in [0.2, 0.25) is 0 Å². The van der Waals surface area contributed by atoms with Crippen molar-refractivity contribution in [1.29, 1.82) is 0 Å². The molecule has 0 aliphatic carbocycles. The monoisotopic (exact) mass is 207 g/mol. The first-order chi connectivity index (χ1) is 6.02. The van der Waals surface area contributed by atoms with Crippen LogP contribution in [0.15, 0.2) is 0 Å². The Labute approximate surface area is 83.4 Å². The van der Waals surface area contributed by atoms with Crippen LogP contribution >= 0.6 is 0 Å². The van der Waals surface area contributed by atoms with Crippen LogP contribution in [0.5, 0.6) is 0 Å². The number of rotatable bonds is 7. The van der Waals surface area contributed by atoms with E-state index in [4.69, 9.17) is 0 Å². The largest absolute Gasteiger partial charge is 0.378 e. The number of nitrogens with one attached hydrogen (secondary N) is 1. The summed E-state index contributed by atoms with van der Waals surface area (Å²) in [5.74, 6) is 1.03. The second kappa shape index (κ2) is 7.47. The minimum atomic E-state index is -0.922. The topological polar surface area (TPSA) is 49.3 Å². The van der Waals surface area contributed by atoms with Crippen LogP contribution < -0.4 is 5.32 Å². The van der Waals surface area contributed by atoms with Gasteiger partial charge in [0.1, 0.15) is 6.23 Å². The molecule has 3 nitrogen and oxygen atoms in total. The highest BCUT2D eigenvalue weighted by molar-refractivity contribution is 7.84. The molecule has 0 saturated carbocycles. The molecule has 13 heavy (non-hydrogen) atoms. The lowest BCUT2D eigenvalue weighted by molar-refractivity contribution is 0.159. The Morgan fingerprint density at radius 3 is 2.54 bits per heavy atom. The molecule has 0 rings (SSSR count). The Bertz CT molecular complexity index is 151. The third-order valence-electron chi connectivity index (χ3n) is 1.73. The number of hydrogen-bond donors (Lipinski definition) is 2. The van der Waals surface area contributed by atoms with E-state index >= 15 is 0 Å². The summed E-state index contributed by atoms with van der Waals surface area (Å²) in [5.41, 5.74) is 0. The molecule has 0 aromatic carbocycles. The Morgan fingerprint density at radius 1 is 1.46 bits per heavy atom. The van der Waals surface area contributed by atoms with E-state index in [1.807, 2.05) is 0 Å². The van der Waals surface area contributed by atoms with E-state index in [-0.39, 0.29) is 0 Å². The molecule has 4 heteroatoms. The zero-order chi connectivity index (χ0) is 10.3.